The van der Waals surface area contributed by atoms with E-state index in [-0.39, 0.29) is 23.9 Å². The molecule has 0 atom stereocenters. The van der Waals surface area contributed by atoms with E-state index >= 15 is 0 Å². The van der Waals surface area contributed by atoms with Crippen LogP contribution < -0.4 is 5.32 Å². The molecule has 0 saturated carbocycles. The minimum Gasteiger partial charge on any atom is -0.324 e. The van der Waals surface area contributed by atoms with Gasteiger partial charge in [0, 0.05) is 11.3 Å². The van der Waals surface area contributed by atoms with Crippen molar-refractivity contribution in [3.63, 3.8) is 0 Å². The summed E-state index contributed by atoms with van der Waals surface area (Å²) in [7, 11) is 0. The molecular weight excluding hydrogens is 288 g/mol. The molecule has 0 aliphatic rings. The molecule has 0 aliphatic heterocycles. The second-order valence-electron chi connectivity index (χ2n) is 4.71. The normalized spacial score (nSPS) is 10.3. The fraction of sp³-hybridized carbons (Fsp3) is 0.214. The van der Waals surface area contributed by atoms with Crippen molar-refractivity contribution >= 4 is 23.1 Å². The van der Waals surface area contributed by atoms with Gasteiger partial charge < -0.3 is 5.32 Å². The smallest absolute Gasteiger partial charge is 0.309 e. The second kappa shape index (κ2) is 6.17. The largest absolute Gasteiger partial charge is 0.324 e. The minimum atomic E-state index is -0.544. The van der Waals surface area contributed by atoms with E-state index in [0.29, 0.717) is 16.9 Å². The highest BCUT2D eigenvalue weighted by molar-refractivity contribution is 5.95. The van der Waals surface area contributed by atoms with Crippen LogP contribution in [0, 0.1) is 17.0 Å². The lowest BCUT2D eigenvalue weighted by Gasteiger charge is -2.07. The van der Waals surface area contributed by atoms with Crippen molar-refractivity contribution in [2.45, 2.75) is 20.4 Å². The number of Topliss-reactive ketones (excluding diaryl/α,β-unsaturated/α-hetero) is 1. The zero-order valence-electron chi connectivity index (χ0n) is 12.1. The molecule has 1 amide bonds. The number of carbonyl (C=O) groups excluding carboxylic acids is 2. The number of rotatable bonds is 5. The third-order valence-corrected chi connectivity index (χ3v) is 3.14. The Bertz CT molecular complexity index is 734. The zero-order chi connectivity index (χ0) is 16.3. The molecule has 0 fully saturated rings. The van der Waals surface area contributed by atoms with Gasteiger partial charge in [-0.05, 0) is 38.1 Å². The van der Waals surface area contributed by atoms with Crippen molar-refractivity contribution in [3.05, 3.63) is 51.8 Å². The maximum Gasteiger partial charge on any atom is 0.309 e. The lowest BCUT2D eigenvalue weighted by Crippen LogP contribution is -2.20. The van der Waals surface area contributed by atoms with E-state index in [4.69, 9.17) is 0 Å². The van der Waals surface area contributed by atoms with Crippen LogP contribution in [0.3, 0.4) is 0 Å². The number of hydrogen-bond donors (Lipinski definition) is 1. The fourth-order valence-corrected chi connectivity index (χ4v) is 1.90. The molecule has 114 valence electrons. The molecule has 0 saturated heterocycles. The Morgan fingerprint density at radius 3 is 2.45 bits per heavy atom. The van der Waals surface area contributed by atoms with Crippen LogP contribution in [0.4, 0.5) is 11.4 Å². The Morgan fingerprint density at radius 2 is 1.95 bits per heavy atom. The third kappa shape index (κ3) is 3.35. The quantitative estimate of drug-likeness (QED) is 0.516. The monoisotopic (exact) mass is 302 g/mol. The summed E-state index contributed by atoms with van der Waals surface area (Å²) in [6, 6.07) is 6.46. The summed E-state index contributed by atoms with van der Waals surface area (Å²) in [6.45, 7) is 2.86. The van der Waals surface area contributed by atoms with Crippen LogP contribution in [-0.2, 0) is 11.3 Å². The Labute approximate surface area is 125 Å². The van der Waals surface area contributed by atoms with E-state index in [0.717, 1.165) is 6.20 Å². The molecule has 2 rings (SSSR count). The highest BCUT2D eigenvalue weighted by Crippen LogP contribution is 2.16. The van der Waals surface area contributed by atoms with Gasteiger partial charge in [-0.1, -0.05) is 0 Å². The van der Waals surface area contributed by atoms with Gasteiger partial charge in [-0.25, -0.2) is 0 Å². The first kappa shape index (κ1) is 15.4. The molecule has 0 spiro atoms. The predicted octanol–water partition coefficient (Wildman–Crippen LogP) is 1.94. The first-order chi connectivity index (χ1) is 10.4. The van der Waals surface area contributed by atoms with E-state index in [2.05, 4.69) is 10.4 Å². The molecule has 8 heteroatoms. The topological polar surface area (TPSA) is 107 Å². The number of hydrogen-bond acceptors (Lipinski definition) is 5. The predicted molar refractivity (Wildman–Crippen MR) is 78.7 cm³/mol. The Kier molecular flexibility index (Phi) is 4.31. The van der Waals surface area contributed by atoms with Crippen LogP contribution in [-0.4, -0.2) is 26.4 Å². The molecule has 1 aromatic carbocycles. The van der Waals surface area contributed by atoms with Crippen molar-refractivity contribution in [2.24, 2.45) is 0 Å². The number of nitrogens with one attached hydrogen (secondary N) is 1. The molecule has 0 bridgehead atoms. The summed E-state index contributed by atoms with van der Waals surface area (Å²) in [5, 5.41) is 17.2. The lowest BCUT2D eigenvalue weighted by molar-refractivity contribution is -0.385. The maximum absolute atomic E-state index is 11.9. The van der Waals surface area contributed by atoms with Gasteiger partial charge in [0.1, 0.15) is 18.4 Å². The van der Waals surface area contributed by atoms with Gasteiger partial charge in [0.25, 0.3) is 0 Å². The lowest BCUT2D eigenvalue weighted by atomic mass is 10.1. The van der Waals surface area contributed by atoms with E-state index in [1.165, 1.54) is 18.5 Å². The summed E-state index contributed by atoms with van der Waals surface area (Å²) in [4.78, 5) is 33.3. The molecule has 22 heavy (non-hydrogen) atoms. The Morgan fingerprint density at radius 1 is 1.32 bits per heavy atom. The molecule has 2 aromatic rings. The van der Waals surface area contributed by atoms with Crippen molar-refractivity contribution in [3.8, 4) is 0 Å². The minimum absolute atomic E-state index is 0.0580. The average Bonchev–Trinajstić information content (AvgIpc) is 2.80. The molecule has 0 unspecified atom stereocenters. The zero-order valence-corrected chi connectivity index (χ0v) is 12.1. The van der Waals surface area contributed by atoms with Gasteiger partial charge in [-0.15, -0.1) is 0 Å². The first-order valence-electron chi connectivity index (χ1n) is 6.46. The van der Waals surface area contributed by atoms with Crippen molar-refractivity contribution in [2.75, 3.05) is 5.32 Å². The highest BCUT2D eigenvalue weighted by Gasteiger charge is 2.17. The number of ketones is 1. The summed E-state index contributed by atoms with van der Waals surface area (Å²) in [5.74, 6) is -0.422. The van der Waals surface area contributed by atoms with E-state index in [9.17, 15) is 19.7 Å². The molecule has 1 heterocycles. The van der Waals surface area contributed by atoms with Crippen molar-refractivity contribution in [1.29, 1.82) is 0 Å². The first-order valence-corrected chi connectivity index (χ1v) is 6.46. The molecule has 1 N–H and O–H groups in total. The highest BCUT2D eigenvalue weighted by atomic mass is 16.6. The van der Waals surface area contributed by atoms with E-state index < -0.39 is 4.92 Å². The summed E-state index contributed by atoms with van der Waals surface area (Å²) >= 11 is 0. The third-order valence-electron chi connectivity index (χ3n) is 3.14. The number of nitrogens with zero attached hydrogens (tertiary/aromatic N) is 3. The van der Waals surface area contributed by atoms with Gasteiger partial charge >= 0.3 is 5.69 Å². The number of benzene rings is 1. The molecule has 1 aromatic heterocycles. The van der Waals surface area contributed by atoms with Crippen LogP contribution in [0.25, 0.3) is 0 Å². The van der Waals surface area contributed by atoms with Gasteiger partial charge in [0.15, 0.2) is 5.78 Å². The van der Waals surface area contributed by atoms with E-state index in [1.807, 2.05) is 0 Å². The summed E-state index contributed by atoms with van der Waals surface area (Å²) in [6.07, 6.45) is 1.12. The molecule has 0 aliphatic carbocycles. The van der Waals surface area contributed by atoms with Crippen LogP contribution >= 0.6 is 0 Å². The average molecular weight is 302 g/mol. The maximum atomic E-state index is 11.9. The number of carbonyl (C=O) groups is 2. The second-order valence-corrected chi connectivity index (χ2v) is 4.71. The van der Waals surface area contributed by atoms with Crippen molar-refractivity contribution in [1.82, 2.24) is 9.78 Å². The number of amides is 1. The van der Waals surface area contributed by atoms with Crippen LogP contribution in [0.2, 0.25) is 0 Å². The van der Waals surface area contributed by atoms with Crippen LogP contribution in [0.15, 0.2) is 30.5 Å². The van der Waals surface area contributed by atoms with Crippen LogP contribution in [0.5, 0.6) is 0 Å². The summed E-state index contributed by atoms with van der Waals surface area (Å²) < 4.78 is 1.26. The van der Waals surface area contributed by atoms with Crippen LogP contribution in [0.1, 0.15) is 23.0 Å². The molecule has 8 nitrogen and oxygen atoms in total. The SMILES string of the molecule is CC(=O)c1ccc(NC(=O)Cn2ncc([N+](=O)[O-])c2C)cc1. The number of aromatic nitrogens is 2. The van der Waals surface area contributed by atoms with Gasteiger partial charge in [0.2, 0.25) is 5.91 Å². The van der Waals surface area contributed by atoms with E-state index in [1.54, 1.807) is 24.3 Å². The molecular formula is C14H14N4O4. The van der Waals surface area contributed by atoms with Gasteiger partial charge in [-0.3, -0.25) is 24.4 Å². The number of nitro groups is 1. The standard InChI is InChI=1S/C14H14N4O4/c1-9-13(18(21)22)7-15-17(9)8-14(20)16-12-5-3-11(4-6-12)10(2)19/h3-7H,8H2,1-2H3,(H,16,20). The van der Waals surface area contributed by atoms with Gasteiger partial charge in [-0.2, -0.15) is 5.10 Å². The Balaban J connectivity index is 2.04. The Hall–Kier alpha value is -3.03. The van der Waals surface area contributed by atoms with Gasteiger partial charge in [0.05, 0.1) is 4.92 Å². The number of anilines is 1. The fourth-order valence-electron chi connectivity index (χ4n) is 1.90. The van der Waals surface area contributed by atoms with Crippen molar-refractivity contribution < 1.29 is 14.5 Å². The summed E-state index contributed by atoms with van der Waals surface area (Å²) in [5.41, 5.74) is 1.27. The molecule has 0 radical (unpaired) electrons.